The van der Waals surface area contributed by atoms with Crippen LogP contribution in [0.4, 0.5) is 0 Å². The highest BCUT2D eigenvalue weighted by Gasteiger charge is 2.22. The van der Waals surface area contributed by atoms with Crippen LogP contribution in [0, 0.1) is 0 Å². The first kappa shape index (κ1) is 14.7. The van der Waals surface area contributed by atoms with Gasteiger partial charge in [-0.25, -0.2) is 4.79 Å². The molecule has 0 saturated heterocycles. The number of rotatable bonds is 4. The fourth-order valence-electron chi connectivity index (χ4n) is 1.94. The molecule has 1 N–H and O–H groups in total. The second kappa shape index (κ2) is 5.73. The summed E-state index contributed by atoms with van der Waals surface area (Å²) in [5.41, 5.74) is 0.937. The highest BCUT2D eigenvalue weighted by molar-refractivity contribution is 7.98. The molecule has 2 rings (SSSR count). The molecule has 1 aromatic heterocycles. The quantitative estimate of drug-likeness (QED) is 0.695. The van der Waals surface area contributed by atoms with Crippen LogP contribution in [0.2, 0.25) is 5.02 Å². The molecule has 0 saturated carbocycles. The summed E-state index contributed by atoms with van der Waals surface area (Å²) in [6.45, 7) is 0. The lowest BCUT2D eigenvalue weighted by molar-refractivity contribution is 0.0686. The van der Waals surface area contributed by atoms with Gasteiger partial charge in [-0.05, 0) is 36.6 Å². The fraction of sp³-hybridized carbons (Fsp3) is 0.143. The van der Waals surface area contributed by atoms with Crippen LogP contribution in [0.25, 0.3) is 0 Å². The molecule has 0 spiro atoms. The number of nitrogens with zero attached hydrogens (tertiary/aromatic N) is 1. The van der Waals surface area contributed by atoms with Gasteiger partial charge in [0.15, 0.2) is 0 Å². The van der Waals surface area contributed by atoms with Gasteiger partial charge in [-0.2, -0.15) is 0 Å². The van der Waals surface area contributed by atoms with Crippen molar-refractivity contribution >= 4 is 35.1 Å². The zero-order valence-corrected chi connectivity index (χ0v) is 12.5. The minimum Gasteiger partial charge on any atom is -0.477 e. The minimum atomic E-state index is -1.06. The van der Waals surface area contributed by atoms with E-state index < -0.39 is 5.97 Å². The Hall–Kier alpha value is -1.72. The van der Waals surface area contributed by atoms with Crippen LogP contribution < -0.4 is 0 Å². The number of aromatic nitrogens is 1. The number of carbonyl (C=O) groups is 2. The van der Waals surface area contributed by atoms with Gasteiger partial charge in [-0.3, -0.25) is 4.79 Å². The normalized spacial score (nSPS) is 10.6. The Morgan fingerprint density at radius 1 is 1.25 bits per heavy atom. The third kappa shape index (κ3) is 2.59. The Bertz CT molecular complexity index is 676. The SMILES string of the molecule is CSc1cc(C(=O)O)n(C)c1C(=O)c1ccc(Cl)cc1. The van der Waals surface area contributed by atoms with Crippen LogP contribution in [-0.4, -0.2) is 27.7 Å². The predicted molar refractivity (Wildman–Crippen MR) is 79.0 cm³/mol. The van der Waals surface area contributed by atoms with Gasteiger partial charge in [-0.1, -0.05) is 11.6 Å². The van der Waals surface area contributed by atoms with Crippen molar-refractivity contribution in [3.8, 4) is 0 Å². The van der Waals surface area contributed by atoms with Crippen molar-refractivity contribution in [2.45, 2.75) is 4.90 Å². The van der Waals surface area contributed by atoms with E-state index in [1.54, 1.807) is 37.6 Å². The molecular weight excluding hydrogens is 298 g/mol. The number of halogens is 1. The molecule has 0 aliphatic rings. The average Bonchev–Trinajstić information content (AvgIpc) is 2.76. The Balaban J connectivity index is 2.54. The van der Waals surface area contributed by atoms with Crippen molar-refractivity contribution in [3.63, 3.8) is 0 Å². The van der Waals surface area contributed by atoms with Gasteiger partial charge in [0.1, 0.15) is 11.4 Å². The molecule has 1 heterocycles. The van der Waals surface area contributed by atoms with Gasteiger partial charge in [0.2, 0.25) is 5.78 Å². The van der Waals surface area contributed by atoms with Gasteiger partial charge in [0.05, 0.1) is 0 Å². The standard InChI is InChI=1S/C14H12ClNO3S/c1-16-10(14(18)19)7-11(20-2)12(16)13(17)8-3-5-9(15)6-4-8/h3-7H,1-2H3,(H,18,19). The van der Waals surface area contributed by atoms with E-state index in [-0.39, 0.29) is 11.5 Å². The third-order valence-electron chi connectivity index (χ3n) is 2.96. The second-order valence-corrected chi connectivity index (χ2v) is 5.43. The van der Waals surface area contributed by atoms with Gasteiger partial charge in [0.25, 0.3) is 0 Å². The number of aromatic carboxylic acids is 1. The smallest absolute Gasteiger partial charge is 0.352 e. The summed E-state index contributed by atoms with van der Waals surface area (Å²) < 4.78 is 1.41. The second-order valence-electron chi connectivity index (χ2n) is 4.15. The number of thioether (sulfide) groups is 1. The topological polar surface area (TPSA) is 59.3 Å². The maximum Gasteiger partial charge on any atom is 0.352 e. The van der Waals surface area contributed by atoms with Crippen molar-refractivity contribution in [1.29, 1.82) is 0 Å². The number of benzene rings is 1. The molecule has 0 amide bonds. The van der Waals surface area contributed by atoms with Gasteiger partial charge < -0.3 is 9.67 Å². The third-order valence-corrected chi connectivity index (χ3v) is 3.96. The monoisotopic (exact) mass is 309 g/mol. The maximum atomic E-state index is 12.5. The van der Waals surface area contributed by atoms with Crippen molar-refractivity contribution in [1.82, 2.24) is 4.57 Å². The molecule has 104 valence electrons. The molecule has 1 aromatic carbocycles. The molecule has 0 fully saturated rings. The highest BCUT2D eigenvalue weighted by Crippen LogP contribution is 2.27. The van der Waals surface area contributed by atoms with Crippen LogP contribution in [-0.2, 0) is 7.05 Å². The van der Waals surface area contributed by atoms with E-state index in [2.05, 4.69) is 0 Å². The molecule has 0 bridgehead atoms. The number of carboxylic acids is 1. The minimum absolute atomic E-state index is 0.0895. The molecule has 2 aromatic rings. The van der Waals surface area contributed by atoms with Crippen LogP contribution in [0.1, 0.15) is 26.5 Å². The molecule has 4 nitrogen and oxygen atoms in total. The van der Waals surface area contributed by atoms with Crippen LogP contribution in [0.5, 0.6) is 0 Å². The zero-order valence-electron chi connectivity index (χ0n) is 10.9. The summed E-state index contributed by atoms with van der Waals surface area (Å²) >= 11 is 7.14. The summed E-state index contributed by atoms with van der Waals surface area (Å²) in [6, 6.07) is 8.03. The van der Waals surface area contributed by atoms with E-state index in [1.165, 1.54) is 22.4 Å². The van der Waals surface area contributed by atoms with E-state index in [4.69, 9.17) is 16.7 Å². The van der Waals surface area contributed by atoms with Gasteiger partial charge in [-0.15, -0.1) is 11.8 Å². The fourth-order valence-corrected chi connectivity index (χ4v) is 2.72. The number of hydrogen-bond acceptors (Lipinski definition) is 3. The van der Waals surface area contributed by atoms with Gasteiger partial charge >= 0.3 is 5.97 Å². The Labute approximate surface area is 125 Å². The average molecular weight is 310 g/mol. The van der Waals surface area contributed by atoms with Crippen LogP contribution in [0.3, 0.4) is 0 Å². The molecule has 6 heteroatoms. The van der Waals surface area contributed by atoms with E-state index in [0.717, 1.165) is 0 Å². The number of carbonyl (C=O) groups excluding carboxylic acids is 1. The molecule has 20 heavy (non-hydrogen) atoms. The lowest BCUT2D eigenvalue weighted by atomic mass is 10.1. The lowest BCUT2D eigenvalue weighted by Gasteiger charge is -2.06. The van der Waals surface area contributed by atoms with E-state index in [1.807, 2.05) is 0 Å². The summed E-state index contributed by atoms with van der Waals surface area (Å²) in [5, 5.41) is 9.67. The Morgan fingerprint density at radius 2 is 1.85 bits per heavy atom. The Morgan fingerprint density at radius 3 is 2.35 bits per heavy atom. The van der Waals surface area contributed by atoms with E-state index >= 15 is 0 Å². The summed E-state index contributed by atoms with van der Waals surface area (Å²) in [4.78, 5) is 24.3. The molecular formula is C14H12ClNO3S. The molecule has 0 radical (unpaired) electrons. The van der Waals surface area contributed by atoms with Crippen molar-refractivity contribution in [2.75, 3.05) is 6.26 Å². The maximum absolute atomic E-state index is 12.5. The number of carboxylic acid groups (broad SMARTS) is 1. The van der Waals surface area contributed by atoms with Crippen molar-refractivity contribution in [3.05, 3.63) is 52.3 Å². The van der Waals surface area contributed by atoms with Crippen LogP contribution >= 0.6 is 23.4 Å². The Kier molecular flexibility index (Phi) is 4.20. The van der Waals surface area contributed by atoms with E-state index in [9.17, 15) is 9.59 Å². The first-order chi connectivity index (χ1) is 9.45. The van der Waals surface area contributed by atoms with Gasteiger partial charge in [0, 0.05) is 22.5 Å². The largest absolute Gasteiger partial charge is 0.477 e. The zero-order chi connectivity index (χ0) is 14.9. The first-order valence-corrected chi connectivity index (χ1v) is 7.33. The van der Waals surface area contributed by atoms with Crippen LogP contribution in [0.15, 0.2) is 35.2 Å². The number of hydrogen-bond donors (Lipinski definition) is 1. The van der Waals surface area contributed by atoms with Crippen molar-refractivity contribution < 1.29 is 14.7 Å². The summed E-state index contributed by atoms with van der Waals surface area (Å²) in [6.07, 6.45) is 1.81. The van der Waals surface area contributed by atoms with Crippen molar-refractivity contribution in [2.24, 2.45) is 7.05 Å². The lowest BCUT2D eigenvalue weighted by Crippen LogP contribution is -2.12. The molecule has 0 aliphatic carbocycles. The first-order valence-electron chi connectivity index (χ1n) is 5.73. The highest BCUT2D eigenvalue weighted by atomic mass is 35.5. The molecule has 0 aliphatic heterocycles. The molecule has 0 unspecified atom stereocenters. The summed E-state index contributed by atoms with van der Waals surface area (Å²) in [5.74, 6) is -1.28. The molecule has 0 atom stereocenters. The number of ketones is 1. The predicted octanol–water partition coefficient (Wildman–Crippen LogP) is 3.33. The van der Waals surface area contributed by atoms with E-state index in [0.29, 0.717) is 21.2 Å². The summed E-state index contributed by atoms with van der Waals surface area (Å²) in [7, 11) is 1.58.